The molecule has 7 heteroatoms. The molecule has 0 rings (SSSR count). The average molecular weight is 371 g/mol. The number of carbonyl (C=O) groups is 3. The van der Waals surface area contributed by atoms with Crippen LogP contribution in [0.1, 0.15) is 61.3 Å². The van der Waals surface area contributed by atoms with E-state index >= 15 is 0 Å². The van der Waals surface area contributed by atoms with Gasteiger partial charge in [-0.3, -0.25) is 9.59 Å². The first-order valence-corrected chi connectivity index (χ1v) is 8.71. The number of hydrogen-bond acceptors (Lipinski definition) is 6. The van der Waals surface area contributed by atoms with Gasteiger partial charge < -0.3 is 19.5 Å². The van der Waals surface area contributed by atoms with Gasteiger partial charge in [0, 0.05) is 12.5 Å². The second-order valence-electron chi connectivity index (χ2n) is 8.07. The Kier molecular flexibility index (Phi) is 9.38. The number of hydrogen-bond donors (Lipinski definition) is 1. The molecular formula is C19H33NO6. The number of nitrogens with one attached hydrogen (secondary N) is 1. The zero-order valence-corrected chi connectivity index (χ0v) is 17.2. The van der Waals surface area contributed by atoms with E-state index in [0.29, 0.717) is 0 Å². The monoisotopic (exact) mass is 371 g/mol. The second kappa shape index (κ2) is 10.2. The molecule has 0 aromatic carbocycles. The topological polar surface area (TPSA) is 90.9 Å². The predicted molar refractivity (Wildman–Crippen MR) is 98.6 cm³/mol. The number of ether oxygens (including phenoxy) is 3. The third-order valence-electron chi connectivity index (χ3n) is 2.96. The number of esters is 2. The molecule has 26 heavy (non-hydrogen) atoms. The number of methoxy groups -OCH3 is 1. The minimum absolute atomic E-state index is 0.0925. The summed E-state index contributed by atoms with van der Waals surface area (Å²) in [6, 6.07) is -0.349. The summed E-state index contributed by atoms with van der Waals surface area (Å²) >= 11 is 0. The molecule has 0 aromatic rings. The largest absolute Gasteiger partial charge is 0.469 e. The third-order valence-corrected chi connectivity index (χ3v) is 2.96. The average Bonchev–Trinajstić information content (AvgIpc) is 2.42. The van der Waals surface area contributed by atoms with Gasteiger partial charge in [0.1, 0.15) is 11.2 Å². The van der Waals surface area contributed by atoms with Crippen LogP contribution in [0.3, 0.4) is 0 Å². The van der Waals surface area contributed by atoms with Crippen molar-refractivity contribution >= 4 is 18.0 Å². The lowest BCUT2D eigenvalue weighted by Crippen LogP contribution is -2.36. The van der Waals surface area contributed by atoms with Crippen molar-refractivity contribution < 1.29 is 28.6 Å². The molecule has 0 saturated carbocycles. The molecule has 0 bridgehead atoms. The Morgan fingerprint density at radius 1 is 0.962 bits per heavy atom. The van der Waals surface area contributed by atoms with Gasteiger partial charge in [-0.1, -0.05) is 12.2 Å². The van der Waals surface area contributed by atoms with Crippen LogP contribution in [0.4, 0.5) is 4.79 Å². The Labute approximate surface area is 156 Å². The molecule has 0 radical (unpaired) electrons. The van der Waals surface area contributed by atoms with Crippen molar-refractivity contribution in [3.63, 3.8) is 0 Å². The summed E-state index contributed by atoms with van der Waals surface area (Å²) in [6.07, 6.45) is 3.10. The molecule has 0 aromatic heterocycles. The van der Waals surface area contributed by atoms with Crippen LogP contribution in [0.5, 0.6) is 0 Å². The van der Waals surface area contributed by atoms with Gasteiger partial charge in [0.2, 0.25) is 0 Å². The predicted octanol–water partition coefficient (Wildman–Crippen LogP) is 3.37. The van der Waals surface area contributed by atoms with Crippen LogP contribution in [0, 0.1) is 5.92 Å². The van der Waals surface area contributed by atoms with E-state index in [9.17, 15) is 14.4 Å². The number of rotatable bonds is 7. The Morgan fingerprint density at radius 3 is 1.96 bits per heavy atom. The smallest absolute Gasteiger partial charge is 0.408 e. The number of alkyl carbamates (subject to hydrolysis) is 1. The second-order valence-corrected chi connectivity index (χ2v) is 8.07. The third kappa shape index (κ3) is 12.3. The summed E-state index contributed by atoms with van der Waals surface area (Å²) in [5.74, 6) is -1.43. The van der Waals surface area contributed by atoms with Crippen molar-refractivity contribution in [2.24, 2.45) is 5.92 Å². The summed E-state index contributed by atoms with van der Waals surface area (Å²) in [4.78, 5) is 35.4. The van der Waals surface area contributed by atoms with Crippen LogP contribution in [0.2, 0.25) is 0 Å². The maximum atomic E-state index is 11.9. The molecule has 0 aliphatic rings. The van der Waals surface area contributed by atoms with Crippen molar-refractivity contribution in [2.75, 3.05) is 7.11 Å². The lowest BCUT2D eigenvalue weighted by molar-refractivity contribution is -0.155. The molecule has 1 N–H and O–H groups in total. The zero-order chi connectivity index (χ0) is 20.5. The van der Waals surface area contributed by atoms with Gasteiger partial charge in [0.05, 0.1) is 13.0 Å². The van der Waals surface area contributed by atoms with Crippen molar-refractivity contribution in [2.45, 2.75) is 78.6 Å². The molecule has 0 aliphatic heterocycles. The molecular weight excluding hydrogens is 338 g/mol. The first-order chi connectivity index (χ1) is 11.7. The first kappa shape index (κ1) is 23.9. The Morgan fingerprint density at radius 2 is 1.50 bits per heavy atom. The van der Waals surface area contributed by atoms with E-state index in [1.54, 1.807) is 60.6 Å². The summed E-state index contributed by atoms with van der Waals surface area (Å²) in [6.45, 7) is 12.4. The minimum Gasteiger partial charge on any atom is -0.469 e. The summed E-state index contributed by atoms with van der Waals surface area (Å²) < 4.78 is 15.2. The summed E-state index contributed by atoms with van der Waals surface area (Å²) in [5, 5.41) is 2.65. The quantitative estimate of drug-likeness (QED) is 0.419. The SMILES string of the molecule is COC(=O)C(/C=C/C(C)NC(=O)OC(C)(C)C)CCC(=O)OC(C)(C)C. The van der Waals surface area contributed by atoms with E-state index in [1.807, 2.05) is 0 Å². The van der Waals surface area contributed by atoms with Crippen molar-refractivity contribution in [3.05, 3.63) is 12.2 Å². The molecule has 1 amide bonds. The van der Waals surface area contributed by atoms with E-state index < -0.39 is 29.2 Å². The Bertz CT molecular complexity index is 513. The molecule has 150 valence electrons. The summed E-state index contributed by atoms with van der Waals surface area (Å²) in [5.41, 5.74) is -1.16. The van der Waals surface area contributed by atoms with Crippen molar-refractivity contribution in [1.82, 2.24) is 5.32 Å². The van der Waals surface area contributed by atoms with E-state index in [4.69, 9.17) is 14.2 Å². The van der Waals surface area contributed by atoms with Gasteiger partial charge in [0.25, 0.3) is 0 Å². The highest BCUT2D eigenvalue weighted by molar-refractivity contribution is 5.76. The van der Waals surface area contributed by atoms with E-state index in [1.165, 1.54) is 7.11 Å². The van der Waals surface area contributed by atoms with E-state index in [2.05, 4.69) is 5.32 Å². The maximum absolute atomic E-state index is 11.9. The highest BCUT2D eigenvalue weighted by Crippen LogP contribution is 2.15. The van der Waals surface area contributed by atoms with Crippen molar-refractivity contribution in [3.8, 4) is 0 Å². The van der Waals surface area contributed by atoms with Crippen LogP contribution in [-0.2, 0) is 23.8 Å². The number of amides is 1. The van der Waals surface area contributed by atoms with Gasteiger partial charge in [-0.15, -0.1) is 0 Å². The highest BCUT2D eigenvalue weighted by atomic mass is 16.6. The van der Waals surface area contributed by atoms with Gasteiger partial charge in [-0.25, -0.2) is 4.79 Å². The van der Waals surface area contributed by atoms with Gasteiger partial charge in [0.15, 0.2) is 0 Å². The lowest BCUT2D eigenvalue weighted by atomic mass is 10.0. The molecule has 2 atom stereocenters. The Hall–Kier alpha value is -2.05. The van der Waals surface area contributed by atoms with E-state index in [-0.39, 0.29) is 24.9 Å². The van der Waals surface area contributed by atoms with Gasteiger partial charge >= 0.3 is 18.0 Å². The van der Waals surface area contributed by atoms with E-state index in [0.717, 1.165) is 0 Å². The first-order valence-electron chi connectivity index (χ1n) is 8.71. The molecule has 0 heterocycles. The normalized spacial score (nSPS) is 14.5. The van der Waals surface area contributed by atoms with Crippen molar-refractivity contribution in [1.29, 1.82) is 0 Å². The minimum atomic E-state index is -0.601. The van der Waals surface area contributed by atoms with Crippen LogP contribution >= 0.6 is 0 Å². The molecule has 7 nitrogen and oxygen atoms in total. The highest BCUT2D eigenvalue weighted by Gasteiger charge is 2.22. The molecule has 0 aliphatic carbocycles. The van der Waals surface area contributed by atoms with Gasteiger partial charge in [-0.2, -0.15) is 0 Å². The van der Waals surface area contributed by atoms with Crippen LogP contribution in [0.15, 0.2) is 12.2 Å². The fraction of sp³-hybridized carbons (Fsp3) is 0.737. The fourth-order valence-electron chi connectivity index (χ4n) is 1.95. The summed E-state index contributed by atoms with van der Waals surface area (Å²) in [7, 11) is 1.29. The standard InChI is InChI=1S/C19H33NO6/c1-13(20-17(23)26-19(5,6)7)9-10-14(16(22)24-8)11-12-15(21)25-18(2,3)4/h9-10,13-14H,11-12H2,1-8H3,(H,20,23)/b10-9+. The fourth-order valence-corrected chi connectivity index (χ4v) is 1.95. The van der Waals surface area contributed by atoms with Crippen LogP contribution in [0.25, 0.3) is 0 Å². The number of carbonyl (C=O) groups excluding carboxylic acids is 3. The van der Waals surface area contributed by atoms with Crippen LogP contribution < -0.4 is 5.32 Å². The molecule has 0 saturated heterocycles. The van der Waals surface area contributed by atoms with Gasteiger partial charge in [-0.05, 0) is 54.9 Å². The molecule has 0 spiro atoms. The lowest BCUT2D eigenvalue weighted by Gasteiger charge is -2.21. The zero-order valence-electron chi connectivity index (χ0n) is 17.2. The molecule has 2 unspecified atom stereocenters. The van der Waals surface area contributed by atoms with Crippen LogP contribution in [-0.4, -0.2) is 42.4 Å². The Balaban J connectivity index is 4.70. The maximum Gasteiger partial charge on any atom is 0.408 e. The molecule has 0 fully saturated rings.